The van der Waals surface area contributed by atoms with Crippen LogP contribution in [0.25, 0.3) is 0 Å². The van der Waals surface area contributed by atoms with Crippen LogP contribution >= 0.6 is 0 Å². The number of aryl methyl sites for hydroxylation is 1. The fourth-order valence-corrected chi connectivity index (χ4v) is 2.09. The summed E-state index contributed by atoms with van der Waals surface area (Å²) in [5.74, 6) is -0.279. The summed E-state index contributed by atoms with van der Waals surface area (Å²) >= 11 is 0. The zero-order chi connectivity index (χ0) is 15.4. The van der Waals surface area contributed by atoms with Gasteiger partial charge in [-0.1, -0.05) is 18.2 Å². The van der Waals surface area contributed by atoms with Gasteiger partial charge in [-0.15, -0.1) is 0 Å². The number of hydrogen-bond donors (Lipinski definition) is 1. The van der Waals surface area contributed by atoms with E-state index in [1.165, 1.54) is 36.4 Å². The van der Waals surface area contributed by atoms with Gasteiger partial charge in [-0.2, -0.15) is 8.78 Å². The summed E-state index contributed by atoms with van der Waals surface area (Å²) in [6, 6.07) is 10.2. The lowest BCUT2D eigenvalue weighted by Crippen LogP contribution is -2.05. The van der Waals surface area contributed by atoms with Crippen LogP contribution < -0.4 is 4.74 Å². The SMILES string of the molecule is Cc1cc(F)ccc1CC(O)c1ccc(OC(F)F)cc1. The zero-order valence-electron chi connectivity index (χ0n) is 11.4. The Morgan fingerprint density at radius 1 is 1.10 bits per heavy atom. The minimum Gasteiger partial charge on any atom is -0.435 e. The highest BCUT2D eigenvalue weighted by molar-refractivity contribution is 5.32. The van der Waals surface area contributed by atoms with Crippen molar-refractivity contribution in [3.8, 4) is 5.75 Å². The molecule has 1 N–H and O–H groups in total. The van der Waals surface area contributed by atoms with Crippen molar-refractivity contribution in [1.29, 1.82) is 0 Å². The van der Waals surface area contributed by atoms with E-state index in [2.05, 4.69) is 4.74 Å². The van der Waals surface area contributed by atoms with Crippen LogP contribution in [0.15, 0.2) is 42.5 Å². The first-order valence-corrected chi connectivity index (χ1v) is 6.43. The van der Waals surface area contributed by atoms with Crippen LogP contribution in [-0.2, 0) is 6.42 Å². The maximum atomic E-state index is 13.0. The molecule has 2 nitrogen and oxygen atoms in total. The summed E-state index contributed by atoms with van der Waals surface area (Å²) < 4.78 is 41.3. The summed E-state index contributed by atoms with van der Waals surface area (Å²) in [5, 5.41) is 10.2. The first-order valence-electron chi connectivity index (χ1n) is 6.43. The fourth-order valence-electron chi connectivity index (χ4n) is 2.09. The number of hydrogen-bond acceptors (Lipinski definition) is 2. The minimum atomic E-state index is -2.87. The third-order valence-electron chi connectivity index (χ3n) is 3.21. The lowest BCUT2D eigenvalue weighted by atomic mass is 9.98. The van der Waals surface area contributed by atoms with Gasteiger partial charge in [0.15, 0.2) is 0 Å². The molecule has 0 heterocycles. The molecule has 0 bridgehead atoms. The van der Waals surface area contributed by atoms with Crippen LogP contribution in [0.3, 0.4) is 0 Å². The van der Waals surface area contributed by atoms with Gasteiger partial charge >= 0.3 is 6.61 Å². The zero-order valence-corrected chi connectivity index (χ0v) is 11.4. The van der Waals surface area contributed by atoms with Gasteiger partial charge in [-0.25, -0.2) is 4.39 Å². The van der Waals surface area contributed by atoms with Gasteiger partial charge in [-0.3, -0.25) is 0 Å². The highest BCUT2D eigenvalue weighted by Gasteiger charge is 2.11. The summed E-state index contributed by atoms with van der Waals surface area (Å²) in [5.41, 5.74) is 2.17. The molecular formula is C16H15F3O2. The van der Waals surface area contributed by atoms with Crippen LogP contribution in [0.4, 0.5) is 13.2 Å². The molecule has 0 saturated carbocycles. The third kappa shape index (κ3) is 4.23. The number of alkyl halides is 2. The average molecular weight is 296 g/mol. The predicted molar refractivity (Wildman–Crippen MR) is 72.9 cm³/mol. The van der Waals surface area contributed by atoms with Crippen LogP contribution in [0.2, 0.25) is 0 Å². The summed E-state index contributed by atoms with van der Waals surface area (Å²) in [4.78, 5) is 0. The molecule has 2 aromatic carbocycles. The number of benzene rings is 2. The molecule has 2 aromatic rings. The van der Waals surface area contributed by atoms with Crippen LogP contribution in [-0.4, -0.2) is 11.7 Å². The van der Waals surface area contributed by atoms with E-state index >= 15 is 0 Å². The quantitative estimate of drug-likeness (QED) is 0.903. The normalized spacial score (nSPS) is 12.5. The van der Waals surface area contributed by atoms with Gasteiger partial charge in [0.1, 0.15) is 11.6 Å². The Morgan fingerprint density at radius 2 is 1.76 bits per heavy atom. The van der Waals surface area contributed by atoms with Crippen molar-refractivity contribution < 1.29 is 23.0 Å². The summed E-state index contributed by atoms with van der Waals surface area (Å²) in [6.07, 6.45) is -0.476. The van der Waals surface area contributed by atoms with E-state index in [9.17, 15) is 18.3 Å². The van der Waals surface area contributed by atoms with Gasteiger partial charge in [-0.05, 0) is 47.9 Å². The summed E-state index contributed by atoms with van der Waals surface area (Å²) in [7, 11) is 0. The number of aliphatic hydroxyl groups excluding tert-OH is 1. The lowest BCUT2D eigenvalue weighted by molar-refractivity contribution is -0.0498. The topological polar surface area (TPSA) is 29.5 Å². The smallest absolute Gasteiger partial charge is 0.387 e. The van der Waals surface area contributed by atoms with Crippen LogP contribution in [0.5, 0.6) is 5.75 Å². The van der Waals surface area contributed by atoms with E-state index in [1.54, 1.807) is 13.0 Å². The van der Waals surface area contributed by atoms with E-state index in [-0.39, 0.29) is 11.6 Å². The number of rotatable bonds is 5. The molecule has 0 fully saturated rings. The Balaban J connectivity index is 2.07. The Hall–Kier alpha value is -2.01. The van der Waals surface area contributed by atoms with Gasteiger partial charge < -0.3 is 9.84 Å². The molecular weight excluding hydrogens is 281 g/mol. The highest BCUT2D eigenvalue weighted by atomic mass is 19.3. The van der Waals surface area contributed by atoms with Gasteiger partial charge in [0.05, 0.1) is 6.10 Å². The Morgan fingerprint density at radius 3 is 2.33 bits per heavy atom. The largest absolute Gasteiger partial charge is 0.435 e. The molecule has 0 aliphatic carbocycles. The molecule has 0 radical (unpaired) electrons. The minimum absolute atomic E-state index is 0.0407. The number of ether oxygens (including phenoxy) is 1. The van der Waals surface area contributed by atoms with Crippen molar-refractivity contribution in [3.63, 3.8) is 0 Å². The molecule has 112 valence electrons. The predicted octanol–water partition coefficient (Wildman–Crippen LogP) is 4.01. The first kappa shape index (κ1) is 15.4. The molecule has 1 atom stereocenters. The number of halogens is 3. The second-order valence-electron chi connectivity index (χ2n) is 4.74. The van der Waals surface area contributed by atoms with E-state index in [0.717, 1.165) is 11.1 Å². The van der Waals surface area contributed by atoms with Gasteiger partial charge in [0.25, 0.3) is 0 Å². The van der Waals surface area contributed by atoms with Crippen molar-refractivity contribution in [1.82, 2.24) is 0 Å². The monoisotopic (exact) mass is 296 g/mol. The average Bonchev–Trinajstić information content (AvgIpc) is 2.42. The Labute approximate surface area is 120 Å². The van der Waals surface area contributed by atoms with Crippen molar-refractivity contribution in [2.45, 2.75) is 26.1 Å². The van der Waals surface area contributed by atoms with Gasteiger partial charge in [0.2, 0.25) is 0 Å². The molecule has 0 aromatic heterocycles. The molecule has 21 heavy (non-hydrogen) atoms. The van der Waals surface area contributed by atoms with Crippen molar-refractivity contribution in [2.24, 2.45) is 0 Å². The van der Waals surface area contributed by atoms with E-state index in [1.807, 2.05) is 0 Å². The lowest BCUT2D eigenvalue weighted by Gasteiger charge is -2.14. The van der Waals surface area contributed by atoms with Crippen LogP contribution in [0, 0.1) is 12.7 Å². The second-order valence-corrected chi connectivity index (χ2v) is 4.74. The van der Waals surface area contributed by atoms with Crippen molar-refractivity contribution in [3.05, 3.63) is 65.0 Å². The standard InChI is InChI=1S/C16H15F3O2/c1-10-8-13(17)5-2-12(10)9-15(20)11-3-6-14(7-4-11)21-16(18)19/h2-8,15-16,20H,9H2,1H3. The molecule has 0 spiro atoms. The molecule has 0 amide bonds. The molecule has 2 rings (SSSR count). The van der Waals surface area contributed by atoms with E-state index < -0.39 is 12.7 Å². The highest BCUT2D eigenvalue weighted by Crippen LogP contribution is 2.23. The van der Waals surface area contributed by atoms with Crippen molar-refractivity contribution in [2.75, 3.05) is 0 Å². The summed E-state index contributed by atoms with van der Waals surface area (Å²) in [6.45, 7) is -1.10. The van der Waals surface area contributed by atoms with Gasteiger partial charge in [0, 0.05) is 6.42 Å². The molecule has 0 saturated heterocycles. The maximum absolute atomic E-state index is 13.0. The Bertz CT molecular complexity index is 597. The molecule has 5 heteroatoms. The molecule has 1 unspecified atom stereocenters. The molecule has 0 aliphatic rings. The first-order chi connectivity index (χ1) is 9.95. The molecule has 0 aliphatic heterocycles. The third-order valence-corrected chi connectivity index (χ3v) is 3.21. The van der Waals surface area contributed by atoms with Crippen LogP contribution in [0.1, 0.15) is 22.8 Å². The fraction of sp³-hybridized carbons (Fsp3) is 0.250. The van der Waals surface area contributed by atoms with Crippen molar-refractivity contribution >= 4 is 0 Å². The Kier molecular flexibility index (Phi) is 4.85. The number of aliphatic hydroxyl groups is 1. The van der Waals surface area contributed by atoms with E-state index in [4.69, 9.17) is 0 Å². The second kappa shape index (κ2) is 6.63. The van der Waals surface area contributed by atoms with E-state index in [0.29, 0.717) is 12.0 Å². The maximum Gasteiger partial charge on any atom is 0.387 e.